The summed E-state index contributed by atoms with van der Waals surface area (Å²) in [6, 6.07) is 13.8. The lowest BCUT2D eigenvalue weighted by Crippen LogP contribution is -2.05. The largest absolute Gasteiger partial charge is 0.456 e. The number of nitrogens with two attached hydrogens (primary N) is 1. The Morgan fingerprint density at radius 3 is 2.60 bits per heavy atom. The lowest BCUT2D eigenvalue weighted by atomic mass is 10.1. The van der Waals surface area contributed by atoms with Crippen molar-refractivity contribution in [2.24, 2.45) is 5.84 Å². The molecular weight excluding hydrogens is 188 g/mol. The Balaban J connectivity index is 2.46. The average Bonchev–Trinajstić information content (AvgIpc) is 2.66. The predicted molar refractivity (Wildman–Crippen MR) is 61.5 cm³/mol. The van der Waals surface area contributed by atoms with Crippen LogP contribution in [-0.4, -0.2) is 0 Å². The summed E-state index contributed by atoms with van der Waals surface area (Å²) < 4.78 is 5.68. The molecule has 0 saturated carbocycles. The van der Waals surface area contributed by atoms with E-state index >= 15 is 0 Å². The fourth-order valence-electron chi connectivity index (χ4n) is 1.82. The van der Waals surface area contributed by atoms with Crippen LogP contribution in [0.5, 0.6) is 0 Å². The standard InChI is InChI=1S/C12H10N2O/c13-14-8-5-6-12-10(7-8)9-3-1-2-4-11(9)15-12/h1-7,14H,13H2. The van der Waals surface area contributed by atoms with Crippen LogP contribution in [0.2, 0.25) is 0 Å². The monoisotopic (exact) mass is 198 g/mol. The maximum Gasteiger partial charge on any atom is 0.135 e. The fourth-order valence-corrected chi connectivity index (χ4v) is 1.82. The van der Waals surface area contributed by atoms with Gasteiger partial charge in [0.1, 0.15) is 11.2 Å². The highest BCUT2D eigenvalue weighted by molar-refractivity contribution is 6.05. The quantitative estimate of drug-likeness (QED) is 0.467. The van der Waals surface area contributed by atoms with Crippen molar-refractivity contribution in [2.45, 2.75) is 0 Å². The molecule has 0 unspecified atom stereocenters. The van der Waals surface area contributed by atoms with E-state index in [1.165, 1.54) is 0 Å². The predicted octanol–water partition coefficient (Wildman–Crippen LogP) is 2.87. The van der Waals surface area contributed by atoms with Gasteiger partial charge in [-0.3, -0.25) is 5.84 Å². The third-order valence-corrected chi connectivity index (χ3v) is 2.54. The molecule has 0 bridgehead atoms. The summed E-state index contributed by atoms with van der Waals surface area (Å²) in [5, 5.41) is 2.20. The van der Waals surface area contributed by atoms with Gasteiger partial charge in [-0.05, 0) is 24.3 Å². The molecule has 3 rings (SSSR count). The number of nitrogens with one attached hydrogen (secondary N) is 1. The molecule has 0 spiro atoms. The number of para-hydroxylation sites is 1. The summed E-state index contributed by atoms with van der Waals surface area (Å²) in [7, 11) is 0. The fraction of sp³-hybridized carbons (Fsp3) is 0. The number of hydrogen-bond donors (Lipinski definition) is 2. The second kappa shape index (κ2) is 3.00. The molecule has 3 nitrogen and oxygen atoms in total. The maximum atomic E-state index is 5.68. The van der Waals surface area contributed by atoms with Crippen molar-refractivity contribution in [2.75, 3.05) is 5.43 Å². The molecule has 0 atom stereocenters. The summed E-state index contributed by atoms with van der Waals surface area (Å²) in [5.41, 5.74) is 5.30. The minimum atomic E-state index is 0.883. The Kier molecular flexibility index (Phi) is 1.66. The van der Waals surface area contributed by atoms with Gasteiger partial charge in [-0.2, -0.15) is 0 Å². The summed E-state index contributed by atoms with van der Waals surface area (Å²) in [6.07, 6.45) is 0. The van der Waals surface area contributed by atoms with Crippen LogP contribution in [0.3, 0.4) is 0 Å². The molecule has 15 heavy (non-hydrogen) atoms. The first-order valence-electron chi connectivity index (χ1n) is 4.76. The summed E-state index contributed by atoms with van der Waals surface area (Å²) in [5.74, 6) is 5.37. The maximum absolute atomic E-state index is 5.68. The first-order valence-corrected chi connectivity index (χ1v) is 4.76. The molecule has 3 aromatic rings. The number of hydrazine groups is 1. The first kappa shape index (κ1) is 8.32. The molecule has 0 fully saturated rings. The van der Waals surface area contributed by atoms with Gasteiger partial charge in [-0.25, -0.2) is 0 Å². The van der Waals surface area contributed by atoms with E-state index in [2.05, 4.69) is 5.43 Å². The van der Waals surface area contributed by atoms with Crippen LogP contribution in [0.15, 0.2) is 46.9 Å². The van der Waals surface area contributed by atoms with Crippen LogP contribution < -0.4 is 11.3 Å². The van der Waals surface area contributed by atoms with Crippen molar-refractivity contribution in [3.63, 3.8) is 0 Å². The number of nitrogen functional groups attached to an aromatic ring is 1. The minimum Gasteiger partial charge on any atom is -0.456 e. The lowest BCUT2D eigenvalue weighted by molar-refractivity contribution is 0.669. The van der Waals surface area contributed by atoms with Crippen LogP contribution in [0.25, 0.3) is 21.9 Å². The number of benzene rings is 2. The molecule has 0 aliphatic heterocycles. The first-order chi connectivity index (χ1) is 7.38. The molecule has 2 aromatic carbocycles. The number of rotatable bonds is 1. The second-order valence-electron chi connectivity index (χ2n) is 3.45. The van der Waals surface area contributed by atoms with E-state index in [1.54, 1.807) is 0 Å². The van der Waals surface area contributed by atoms with E-state index in [0.717, 1.165) is 27.6 Å². The molecule has 0 radical (unpaired) electrons. The van der Waals surface area contributed by atoms with E-state index in [-0.39, 0.29) is 0 Å². The van der Waals surface area contributed by atoms with Crippen LogP contribution in [0, 0.1) is 0 Å². The highest BCUT2D eigenvalue weighted by atomic mass is 16.3. The van der Waals surface area contributed by atoms with Crippen LogP contribution in [-0.2, 0) is 0 Å². The Bertz CT molecular complexity index is 628. The Hall–Kier alpha value is -2.00. The normalized spacial score (nSPS) is 11.0. The topological polar surface area (TPSA) is 51.2 Å². The van der Waals surface area contributed by atoms with Gasteiger partial charge in [0.15, 0.2) is 0 Å². The lowest BCUT2D eigenvalue weighted by Gasteiger charge is -1.97. The minimum absolute atomic E-state index is 0.883. The van der Waals surface area contributed by atoms with Crippen molar-refractivity contribution >= 4 is 27.6 Å². The van der Waals surface area contributed by atoms with E-state index in [9.17, 15) is 0 Å². The number of fused-ring (bicyclic) bond motifs is 3. The molecule has 0 saturated heterocycles. The van der Waals surface area contributed by atoms with Crippen molar-refractivity contribution < 1.29 is 4.42 Å². The molecule has 0 amide bonds. The Morgan fingerprint density at radius 1 is 0.933 bits per heavy atom. The van der Waals surface area contributed by atoms with E-state index < -0.39 is 0 Å². The SMILES string of the molecule is NNc1ccc2oc3ccccc3c2c1. The molecule has 1 aromatic heterocycles. The van der Waals surface area contributed by atoms with Crippen molar-refractivity contribution in [1.82, 2.24) is 0 Å². The van der Waals surface area contributed by atoms with Gasteiger partial charge in [0.2, 0.25) is 0 Å². The van der Waals surface area contributed by atoms with Crippen molar-refractivity contribution in [1.29, 1.82) is 0 Å². The van der Waals surface area contributed by atoms with Gasteiger partial charge in [-0.1, -0.05) is 18.2 Å². The van der Waals surface area contributed by atoms with Crippen molar-refractivity contribution in [3.05, 3.63) is 42.5 Å². The summed E-state index contributed by atoms with van der Waals surface area (Å²) in [6.45, 7) is 0. The van der Waals surface area contributed by atoms with Gasteiger partial charge in [0, 0.05) is 16.5 Å². The zero-order valence-corrected chi connectivity index (χ0v) is 8.03. The second-order valence-corrected chi connectivity index (χ2v) is 3.45. The number of hydrogen-bond acceptors (Lipinski definition) is 3. The molecule has 74 valence electrons. The zero-order valence-electron chi connectivity index (χ0n) is 8.03. The highest BCUT2D eigenvalue weighted by Gasteiger charge is 2.05. The third-order valence-electron chi connectivity index (χ3n) is 2.54. The van der Waals surface area contributed by atoms with E-state index in [4.69, 9.17) is 10.3 Å². The van der Waals surface area contributed by atoms with Crippen LogP contribution in [0.4, 0.5) is 5.69 Å². The number of furan rings is 1. The summed E-state index contributed by atoms with van der Waals surface area (Å²) in [4.78, 5) is 0. The molecular formula is C12H10N2O. The van der Waals surface area contributed by atoms with Gasteiger partial charge in [-0.15, -0.1) is 0 Å². The van der Waals surface area contributed by atoms with Gasteiger partial charge >= 0.3 is 0 Å². The summed E-state index contributed by atoms with van der Waals surface area (Å²) >= 11 is 0. The Morgan fingerprint density at radius 2 is 1.73 bits per heavy atom. The molecule has 3 N–H and O–H groups in total. The third kappa shape index (κ3) is 1.17. The van der Waals surface area contributed by atoms with Gasteiger partial charge in [0.25, 0.3) is 0 Å². The van der Waals surface area contributed by atoms with Gasteiger partial charge < -0.3 is 9.84 Å². The van der Waals surface area contributed by atoms with E-state index in [0.29, 0.717) is 0 Å². The van der Waals surface area contributed by atoms with Crippen molar-refractivity contribution in [3.8, 4) is 0 Å². The highest BCUT2D eigenvalue weighted by Crippen LogP contribution is 2.29. The van der Waals surface area contributed by atoms with Crippen LogP contribution in [0.1, 0.15) is 0 Å². The van der Waals surface area contributed by atoms with Gasteiger partial charge in [0.05, 0.1) is 0 Å². The van der Waals surface area contributed by atoms with Crippen LogP contribution >= 0.6 is 0 Å². The average molecular weight is 198 g/mol. The molecule has 0 aliphatic carbocycles. The smallest absolute Gasteiger partial charge is 0.135 e. The molecule has 1 heterocycles. The van der Waals surface area contributed by atoms with E-state index in [1.807, 2.05) is 42.5 Å². The molecule has 0 aliphatic rings. The Labute approximate surface area is 86.4 Å². The zero-order chi connectivity index (χ0) is 10.3. The number of anilines is 1. The molecule has 3 heteroatoms.